The summed E-state index contributed by atoms with van der Waals surface area (Å²) in [5, 5.41) is 10.5. The summed E-state index contributed by atoms with van der Waals surface area (Å²) < 4.78 is 32.2. The summed E-state index contributed by atoms with van der Waals surface area (Å²) in [4.78, 5) is 16.8. The van der Waals surface area contributed by atoms with Crippen LogP contribution in [0.2, 0.25) is 5.02 Å². The molecule has 0 aliphatic carbocycles. The van der Waals surface area contributed by atoms with Crippen LogP contribution in [0.1, 0.15) is 35.7 Å². The lowest BCUT2D eigenvalue weighted by atomic mass is 10.2. The third-order valence-electron chi connectivity index (χ3n) is 5.19. The SMILES string of the molecule is CCCCOc1ccc(Cl)cc1S(=O)(=O)c1ccc(CNC(=O)c2cnc3[nH]ncc3c2)cc1. The van der Waals surface area contributed by atoms with Crippen LogP contribution in [0.5, 0.6) is 5.75 Å². The number of ether oxygens (including phenoxy) is 1. The Labute approximate surface area is 202 Å². The van der Waals surface area contributed by atoms with Crippen molar-refractivity contribution in [3.8, 4) is 5.75 Å². The van der Waals surface area contributed by atoms with Gasteiger partial charge in [0.1, 0.15) is 10.6 Å². The van der Waals surface area contributed by atoms with Crippen molar-refractivity contribution in [2.45, 2.75) is 36.1 Å². The van der Waals surface area contributed by atoms with Gasteiger partial charge in [-0.25, -0.2) is 13.4 Å². The number of fused-ring (bicyclic) bond motifs is 1. The average Bonchev–Trinajstić information content (AvgIpc) is 3.32. The summed E-state index contributed by atoms with van der Waals surface area (Å²) in [5.74, 6) is -0.0162. The van der Waals surface area contributed by atoms with E-state index in [0.29, 0.717) is 22.8 Å². The molecule has 2 aromatic carbocycles. The molecule has 176 valence electrons. The zero-order chi connectivity index (χ0) is 24.1. The van der Waals surface area contributed by atoms with E-state index in [1.807, 2.05) is 6.92 Å². The van der Waals surface area contributed by atoms with E-state index in [0.717, 1.165) is 23.8 Å². The Bertz CT molecular complexity index is 1420. The second-order valence-electron chi connectivity index (χ2n) is 7.65. The van der Waals surface area contributed by atoms with Crippen molar-refractivity contribution in [3.05, 3.63) is 77.1 Å². The third-order valence-corrected chi connectivity index (χ3v) is 7.22. The van der Waals surface area contributed by atoms with Gasteiger partial charge in [0, 0.05) is 23.2 Å². The van der Waals surface area contributed by atoms with Crippen molar-refractivity contribution in [2.75, 3.05) is 6.61 Å². The van der Waals surface area contributed by atoms with Gasteiger partial charge in [-0.05, 0) is 48.4 Å². The van der Waals surface area contributed by atoms with E-state index in [9.17, 15) is 13.2 Å². The summed E-state index contributed by atoms with van der Waals surface area (Å²) in [6.07, 6.45) is 4.81. The third kappa shape index (κ3) is 5.21. The minimum absolute atomic E-state index is 0.0271. The molecule has 0 bridgehead atoms. The van der Waals surface area contributed by atoms with Crippen LogP contribution in [0, 0.1) is 0 Å². The summed E-state index contributed by atoms with van der Waals surface area (Å²) in [5.41, 5.74) is 1.76. The molecule has 8 nitrogen and oxygen atoms in total. The number of hydrogen-bond donors (Lipinski definition) is 2. The number of unbranched alkanes of at least 4 members (excludes halogenated alkanes) is 1. The predicted molar refractivity (Wildman–Crippen MR) is 129 cm³/mol. The van der Waals surface area contributed by atoms with Crippen molar-refractivity contribution in [1.82, 2.24) is 20.5 Å². The second-order valence-corrected chi connectivity index (χ2v) is 10.0. The number of H-pyrrole nitrogens is 1. The van der Waals surface area contributed by atoms with Crippen LogP contribution in [0.4, 0.5) is 0 Å². The Balaban J connectivity index is 1.47. The van der Waals surface area contributed by atoms with E-state index in [1.54, 1.807) is 36.5 Å². The largest absolute Gasteiger partial charge is 0.492 e. The fraction of sp³-hybridized carbons (Fsp3) is 0.208. The molecular weight excluding hydrogens is 476 g/mol. The van der Waals surface area contributed by atoms with E-state index in [2.05, 4.69) is 20.5 Å². The highest BCUT2D eigenvalue weighted by molar-refractivity contribution is 7.91. The lowest BCUT2D eigenvalue weighted by molar-refractivity contribution is 0.0950. The molecule has 0 saturated heterocycles. The van der Waals surface area contributed by atoms with Crippen molar-refractivity contribution >= 4 is 38.4 Å². The summed E-state index contributed by atoms with van der Waals surface area (Å²) >= 11 is 6.07. The first-order valence-corrected chi connectivity index (χ1v) is 12.6. The molecule has 34 heavy (non-hydrogen) atoms. The molecule has 0 spiro atoms. The van der Waals surface area contributed by atoms with Crippen molar-refractivity contribution in [2.24, 2.45) is 0 Å². The van der Waals surface area contributed by atoms with E-state index >= 15 is 0 Å². The quantitative estimate of drug-likeness (QED) is 0.327. The summed E-state index contributed by atoms with van der Waals surface area (Å²) in [7, 11) is -3.85. The summed E-state index contributed by atoms with van der Waals surface area (Å²) in [6.45, 7) is 2.68. The lowest BCUT2D eigenvalue weighted by Gasteiger charge is -2.13. The zero-order valence-electron chi connectivity index (χ0n) is 18.4. The monoisotopic (exact) mass is 498 g/mol. The van der Waals surface area contributed by atoms with Gasteiger partial charge in [0.2, 0.25) is 9.84 Å². The normalized spacial score (nSPS) is 11.5. The molecule has 0 atom stereocenters. The number of rotatable bonds is 9. The molecule has 2 heterocycles. The minimum Gasteiger partial charge on any atom is -0.492 e. The molecule has 0 aliphatic rings. The van der Waals surface area contributed by atoms with Gasteiger partial charge in [-0.15, -0.1) is 0 Å². The number of pyridine rings is 1. The van der Waals surface area contributed by atoms with E-state index in [1.165, 1.54) is 24.4 Å². The van der Waals surface area contributed by atoms with Gasteiger partial charge >= 0.3 is 0 Å². The molecule has 0 radical (unpaired) electrons. The predicted octanol–water partition coefficient (Wildman–Crippen LogP) is 4.55. The van der Waals surface area contributed by atoms with Crippen LogP contribution in [-0.2, 0) is 16.4 Å². The number of nitrogens with zero attached hydrogens (tertiary/aromatic N) is 2. The number of carbonyl (C=O) groups excluding carboxylic acids is 1. The fourth-order valence-electron chi connectivity index (χ4n) is 3.30. The number of hydrogen-bond acceptors (Lipinski definition) is 6. The Hall–Kier alpha value is -3.43. The maximum absolute atomic E-state index is 13.3. The highest BCUT2D eigenvalue weighted by Gasteiger charge is 2.23. The number of aromatic amines is 1. The van der Waals surface area contributed by atoms with Crippen LogP contribution in [-0.4, -0.2) is 36.1 Å². The molecule has 0 unspecified atom stereocenters. The van der Waals surface area contributed by atoms with Crippen molar-refractivity contribution in [1.29, 1.82) is 0 Å². The standard InChI is InChI=1S/C24H23ClN4O4S/c1-2-3-10-33-21-9-6-19(25)12-22(21)34(31,32)20-7-4-16(5-8-20)13-27-24(30)18-11-17-15-28-29-23(17)26-14-18/h4-9,11-12,14-15H,2-3,10,13H2,1H3,(H,27,30)(H,26,28,29). The number of sulfone groups is 1. The number of nitrogens with one attached hydrogen (secondary N) is 2. The van der Waals surface area contributed by atoms with Crippen molar-refractivity contribution < 1.29 is 17.9 Å². The number of carbonyl (C=O) groups is 1. The van der Waals surface area contributed by atoms with Gasteiger partial charge in [-0.1, -0.05) is 37.1 Å². The van der Waals surface area contributed by atoms with E-state index in [4.69, 9.17) is 16.3 Å². The highest BCUT2D eigenvalue weighted by atomic mass is 35.5. The van der Waals surface area contributed by atoms with Crippen LogP contribution < -0.4 is 10.1 Å². The molecule has 1 amide bonds. The fourth-order valence-corrected chi connectivity index (χ4v) is 4.96. The average molecular weight is 499 g/mol. The number of halogens is 1. The van der Waals surface area contributed by atoms with Gasteiger partial charge < -0.3 is 10.1 Å². The molecule has 4 rings (SSSR count). The maximum Gasteiger partial charge on any atom is 0.253 e. The Morgan fingerprint density at radius 1 is 1.12 bits per heavy atom. The van der Waals surface area contributed by atoms with Crippen LogP contribution >= 0.6 is 11.6 Å². The Morgan fingerprint density at radius 2 is 1.91 bits per heavy atom. The van der Waals surface area contributed by atoms with Crippen molar-refractivity contribution in [3.63, 3.8) is 0 Å². The molecule has 0 aliphatic heterocycles. The molecule has 2 N–H and O–H groups in total. The molecule has 0 fully saturated rings. The Kier molecular flexibility index (Phi) is 7.14. The number of amides is 1. The first kappa shape index (κ1) is 23.7. The first-order chi connectivity index (χ1) is 16.4. The van der Waals surface area contributed by atoms with Gasteiger partial charge in [0.25, 0.3) is 5.91 Å². The van der Waals surface area contributed by atoms with Gasteiger partial charge in [-0.2, -0.15) is 5.10 Å². The zero-order valence-corrected chi connectivity index (χ0v) is 20.0. The van der Waals surface area contributed by atoms with Crippen LogP contribution in [0.3, 0.4) is 0 Å². The number of benzene rings is 2. The van der Waals surface area contributed by atoms with Gasteiger partial charge in [0.05, 0.1) is 23.3 Å². The maximum atomic E-state index is 13.3. The molecule has 10 heteroatoms. The molecule has 2 aromatic heterocycles. The van der Waals surface area contributed by atoms with Crippen LogP contribution in [0.15, 0.2) is 70.7 Å². The Morgan fingerprint density at radius 3 is 2.68 bits per heavy atom. The highest BCUT2D eigenvalue weighted by Crippen LogP contribution is 2.32. The molecular formula is C24H23ClN4O4S. The van der Waals surface area contributed by atoms with E-state index in [-0.39, 0.29) is 28.0 Å². The van der Waals surface area contributed by atoms with Gasteiger partial charge in [-0.3, -0.25) is 9.89 Å². The molecule has 4 aromatic rings. The van der Waals surface area contributed by atoms with E-state index < -0.39 is 9.84 Å². The molecule has 0 saturated carbocycles. The topological polar surface area (TPSA) is 114 Å². The minimum atomic E-state index is -3.85. The lowest BCUT2D eigenvalue weighted by Crippen LogP contribution is -2.22. The van der Waals surface area contributed by atoms with Crippen LogP contribution in [0.25, 0.3) is 11.0 Å². The first-order valence-electron chi connectivity index (χ1n) is 10.7. The van der Waals surface area contributed by atoms with Gasteiger partial charge in [0.15, 0.2) is 5.65 Å². The second kappa shape index (κ2) is 10.2. The number of aromatic nitrogens is 3. The smallest absolute Gasteiger partial charge is 0.253 e. The summed E-state index contributed by atoms with van der Waals surface area (Å²) in [6, 6.07) is 12.6.